The monoisotopic (exact) mass is 566 g/mol. The zero-order valence-corrected chi connectivity index (χ0v) is 23.5. The number of aliphatic hydroxyl groups is 1. The fraction of sp³-hybridized carbons (Fsp3) is 0.312. The number of aromatic amines is 1. The Balaban J connectivity index is 1.13. The molecule has 2 aliphatic heterocycles. The summed E-state index contributed by atoms with van der Waals surface area (Å²) in [5, 5.41) is 17.9. The molecule has 4 aromatic rings. The number of piperazine rings is 1. The molecule has 42 heavy (non-hydrogen) atoms. The number of amidine groups is 1. The van der Waals surface area contributed by atoms with Gasteiger partial charge >= 0.3 is 0 Å². The van der Waals surface area contributed by atoms with Crippen molar-refractivity contribution in [2.45, 2.75) is 18.9 Å². The van der Waals surface area contributed by atoms with E-state index in [1.807, 2.05) is 41.4 Å². The number of aromatic nitrogens is 4. The van der Waals surface area contributed by atoms with E-state index in [0.717, 1.165) is 79.6 Å². The Kier molecular flexibility index (Phi) is 8.34. The zero-order chi connectivity index (χ0) is 28.9. The smallest absolute Gasteiger partial charge is 0.130 e. The molecule has 216 valence electrons. The van der Waals surface area contributed by atoms with Crippen molar-refractivity contribution in [2.24, 2.45) is 0 Å². The fourth-order valence-corrected chi connectivity index (χ4v) is 5.76. The number of β-amino-alcohol motifs (C(OH)–C–C–N with tert-alkyl or cyclic N) is 1. The largest absolute Gasteiger partial charge is 0.395 e. The second-order valence-corrected chi connectivity index (χ2v) is 10.7. The summed E-state index contributed by atoms with van der Waals surface area (Å²) in [5.41, 5.74) is 4.30. The third-order valence-electron chi connectivity index (χ3n) is 7.97. The molecule has 2 fully saturated rings. The van der Waals surface area contributed by atoms with Gasteiger partial charge in [0.1, 0.15) is 23.3 Å². The number of benzene rings is 1. The maximum Gasteiger partial charge on any atom is 0.130 e. The molecule has 0 bridgehead atoms. The number of pyridine rings is 2. The minimum Gasteiger partial charge on any atom is -0.395 e. The minimum atomic E-state index is -0.250. The Morgan fingerprint density at radius 1 is 1.02 bits per heavy atom. The Labute approximate surface area is 244 Å². The lowest BCUT2D eigenvalue weighted by molar-refractivity contribution is 0.188. The van der Waals surface area contributed by atoms with Crippen molar-refractivity contribution in [1.82, 2.24) is 29.7 Å². The van der Waals surface area contributed by atoms with Crippen LogP contribution in [-0.2, 0) is 0 Å². The Bertz CT molecular complexity index is 1560. The van der Waals surface area contributed by atoms with Gasteiger partial charge < -0.3 is 19.9 Å². The van der Waals surface area contributed by atoms with Gasteiger partial charge in [-0.2, -0.15) is 0 Å². The molecule has 5 heterocycles. The first-order chi connectivity index (χ1) is 20.6. The van der Waals surface area contributed by atoms with E-state index in [9.17, 15) is 9.50 Å². The number of likely N-dealkylation sites (tertiary alicyclic amines) is 1. The van der Waals surface area contributed by atoms with E-state index in [0.29, 0.717) is 18.2 Å². The van der Waals surface area contributed by atoms with Gasteiger partial charge in [0.05, 0.1) is 35.9 Å². The molecule has 0 saturated carbocycles. The molecule has 0 unspecified atom stereocenters. The van der Waals surface area contributed by atoms with Crippen molar-refractivity contribution >= 4 is 17.7 Å². The highest BCUT2D eigenvalue weighted by atomic mass is 19.1. The average molecular weight is 567 g/mol. The lowest BCUT2D eigenvalue weighted by Gasteiger charge is -2.35. The molecule has 10 heteroatoms. The van der Waals surface area contributed by atoms with Gasteiger partial charge in [-0.3, -0.25) is 10.3 Å². The van der Waals surface area contributed by atoms with Gasteiger partial charge in [0, 0.05) is 51.0 Å². The van der Waals surface area contributed by atoms with Crippen LogP contribution in [-0.4, -0.2) is 86.6 Å². The molecule has 2 saturated heterocycles. The van der Waals surface area contributed by atoms with Crippen LogP contribution in [0.4, 0.5) is 10.2 Å². The molecular formula is C32H35FN8O. The predicted molar refractivity (Wildman–Crippen MR) is 163 cm³/mol. The zero-order valence-electron chi connectivity index (χ0n) is 23.5. The van der Waals surface area contributed by atoms with Gasteiger partial charge in [-0.05, 0) is 67.0 Å². The number of nitrogens with zero attached hydrogens (tertiary/aromatic N) is 6. The highest BCUT2D eigenvalue weighted by Crippen LogP contribution is 2.32. The molecule has 1 aromatic carbocycles. The summed E-state index contributed by atoms with van der Waals surface area (Å²) in [6.07, 6.45) is 8.98. The van der Waals surface area contributed by atoms with Crippen LogP contribution in [0.15, 0.2) is 73.1 Å². The standard InChI is InChI=1S/C32H35FN8O/c33-25-5-1-4-24(20-25)29-8-3-13-41(29)30(34)9-10-31-36-22-28(38-31)27-7-2-6-26(37-27)23-11-12-35-32(21-23)40-16-14-39(15-17-40)18-19-42/h1-2,4-7,9-12,20-22,29,34,42H,3,8,13-19H2,(H,36,38)/b10-9-,34-30?/t29-/m1/s1. The molecule has 3 N–H and O–H groups in total. The molecule has 0 amide bonds. The summed E-state index contributed by atoms with van der Waals surface area (Å²) in [4.78, 5) is 23.9. The summed E-state index contributed by atoms with van der Waals surface area (Å²) in [7, 11) is 0. The first kappa shape index (κ1) is 27.7. The number of hydrogen-bond acceptors (Lipinski definition) is 7. The van der Waals surface area contributed by atoms with Gasteiger partial charge in [0.15, 0.2) is 0 Å². The maximum atomic E-state index is 13.8. The highest BCUT2D eigenvalue weighted by molar-refractivity contribution is 5.94. The molecule has 2 aliphatic rings. The molecule has 0 radical (unpaired) electrons. The highest BCUT2D eigenvalue weighted by Gasteiger charge is 2.27. The SMILES string of the molecule is N=C(/C=C\c1ncc(-c2cccc(-c3ccnc(N4CCN(CCO)CC4)c3)n2)[nH]1)N1CCC[C@@H]1c1cccc(F)c1. The van der Waals surface area contributed by atoms with Crippen molar-refractivity contribution in [1.29, 1.82) is 5.41 Å². The lowest BCUT2D eigenvalue weighted by Crippen LogP contribution is -2.47. The summed E-state index contributed by atoms with van der Waals surface area (Å²) >= 11 is 0. The van der Waals surface area contributed by atoms with Crippen molar-refractivity contribution in [3.8, 4) is 22.6 Å². The number of rotatable bonds is 8. The molecule has 1 atom stereocenters. The Hall–Kier alpha value is -4.41. The fourth-order valence-electron chi connectivity index (χ4n) is 5.76. The van der Waals surface area contributed by atoms with E-state index in [2.05, 4.69) is 30.8 Å². The van der Waals surface area contributed by atoms with Crippen LogP contribution in [0.5, 0.6) is 0 Å². The summed E-state index contributed by atoms with van der Waals surface area (Å²) in [6, 6.07) is 16.6. The lowest BCUT2D eigenvalue weighted by atomic mass is 10.0. The second kappa shape index (κ2) is 12.6. The molecule has 0 spiro atoms. The van der Waals surface area contributed by atoms with Crippen LogP contribution in [0.3, 0.4) is 0 Å². The summed E-state index contributed by atoms with van der Waals surface area (Å²) in [5.74, 6) is 1.69. The van der Waals surface area contributed by atoms with Crippen LogP contribution < -0.4 is 4.90 Å². The first-order valence-corrected chi connectivity index (χ1v) is 14.4. The van der Waals surface area contributed by atoms with Crippen LogP contribution in [0, 0.1) is 11.2 Å². The predicted octanol–water partition coefficient (Wildman–Crippen LogP) is 4.61. The third-order valence-corrected chi connectivity index (χ3v) is 7.97. The van der Waals surface area contributed by atoms with Gasteiger partial charge in [-0.15, -0.1) is 0 Å². The number of halogens is 1. The molecular weight excluding hydrogens is 531 g/mol. The van der Waals surface area contributed by atoms with Gasteiger partial charge in [0.25, 0.3) is 0 Å². The van der Waals surface area contributed by atoms with Crippen LogP contribution in [0.1, 0.15) is 30.3 Å². The van der Waals surface area contributed by atoms with E-state index >= 15 is 0 Å². The topological polar surface area (TPSA) is 108 Å². The van der Waals surface area contributed by atoms with Crippen LogP contribution >= 0.6 is 0 Å². The minimum absolute atomic E-state index is 0.00141. The summed E-state index contributed by atoms with van der Waals surface area (Å²) < 4.78 is 13.8. The number of aliphatic hydroxyl groups excluding tert-OH is 1. The van der Waals surface area contributed by atoms with Crippen LogP contribution in [0.2, 0.25) is 0 Å². The average Bonchev–Trinajstić information content (AvgIpc) is 3.71. The van der Waals surface area contributed by atoms with E-state index < -0.39 is 0 Å². The second-order valence-electron chi connectivity index (χ2n) is 10.7. The Morgan fingerprint density at radius 3 is 2.69 bits per heavy atom. The number of hydrogen-bond donors (Lipinski definition) is 3. The van der Waals surface area contributed by atoms with E-state index in [4.69, 9.17) is 10.4 Å². The Morgan fingerprint density at radius 2 is 1.86 bits per heavy atom. The summed E-state index contributed by atoms with van der Waals surface area (Å²) in [6.45, 7) is 5.21. The van der Waals surface area contributed by atoms with Crippen LogP contribution in [0.25, 0.3) is 28.7 Å². The molecule has 0 aliphatic carbocycles. The van der Waals surface area contributed by atoms with Gasteiger partial charge in [0.2, 0.25) is 0 Å². The van der Waals surface area contributed by atoms with Crippen molar-refractivity contribution in [3.05, 3.63) is 90.3 Å². The van der Waals surface area contributed by atoms with E-state index in [1.54, 1.807) is 30.5 Å². The van der Waals surface area contributed by atoms with Gasteiger partial charge in [-0.25, -0.2) is 19.3 Å². The van der Waals surface area contributed by atoms with E-state index in [1.165, 1.54) is 6.07 Å². The van der Waals surface area contributed by atoms with Crippen molar-refractivity contribution < 1.29 is 9.50 Å². The van der Waals surface area contributed by atoms with Crippen molar-refractivity contribution in [3.63, 3.8) is 0 Å². The number of H-pyrrole nitrogens is 1. The quantitative estimate of drug-likeness (QED) is 0.211. The molecule has 6 rings (SSSR count). The van der Waals surface area contributed by atoms with Gasteiger partial charge in [-0.1, -0.05) is 18.2 Å². The number of nitrogens with one attached hydrogen (secondary N) is 2. The van der Waals surface area contributed by atoms with E-state index in [-0.39, 0.29) is 18.5 Å². The normalized spacial score (nSPS) is 17.8. The third kappa shape index (κ3) is 6.24. The number of anilines is 1. The maximum absolute atomic E-state index is 13.8. The van der Waals surface area contributed by atoms with Crippen molar-refractivity contribution in [2.75, 3.05) is 50.8 Å². The first-order valence-electron chi connectivity index (χ1n) is 14.4. The molecule has 9 nitrogen and oxygen atoms in total. The number of imidazole rings is 1. The molecule has 3 aromatic heterocycles.